The second kappa shape index (κ2) is 13.7. The summed E-state index contributed by atoms with van der Waals surface area (Å²) >= 11 is -1.10. The van der Waals surface area contributed by atoms with Crippen LogP contribution in [0.25, 0.3) is 0 Å². The Morgan fingerprint density at radius 1 is 1.00 bits per heavy atom. The van der Waals surface area contributed by atoms with Gasteiger partial charge in [-0.2, -0.15) is 0 Å². The fraction of sp³-hybridized carbons (Fsp3) is 1.00. The predicted molar refractivity (Wildman–Crippen MR) is 54.9 cm³/mol. The average molecular weight is 329 g/mol. The number of hydrogen-bond acceptors (Lipinski definition) is 1. The molecule has 0 aromatic rings. The molecule has 0 aliphatic rings. The van der Waals surface area contributed by atoms with Gasteiger partial charge in [0.25, 0.3) is 0 Å². The maximum absolute atomic E-state index is 10.2. The third kappa shape index (κ3) is 14.0. The maximum atomic E-state index is 10.2. The molecule has 0 saturated heterocycles. The second-order valence-electron chi connectivity index (χ2n) is 2.66. The Morgan fingerprint density at radius 3 is 2.09 bits per heavy atom. The molecule has 0 N–H and O–H groups in total. The molecule has 1 radical (unpaired) electrons. The van der Waals surface area contributed by atoms with Crippen LogP contribution in [0.5, 0.6) is 0 Å². The Balaban J connectivity index is 0. The van der Waals surface area contributed by atoms with Gasteiger partial charge in [-0.1, -0.05) is 0 Å². The van der Waals surface area contributed by atoms with E-state index < -0.39 is 21.1 Å². The van der Waals surface area contributed by atoms with Crippen LogP contribution >= 0.6 is 17.0 Å². The Hall–Kier alpha value is 1.08. The van der Waals surface area contributed by atoms with Crippen molar-refractivity contribution in [3.8, 4) is 0 Å². The van der Waals surface area contributed by atoms with Gasteiger partial charge in [-0.3, -0.25) is 0 Å². The van der Waals surface area contributed by atoms with Crippen molar-refractivity contribution < 1.29 is 3.08 Å². The first-order valence-corrected chi connectivity index (χ1v) is 7.45. The van der Waals surface area contributed by atoms with Crippen LogP contribution < -0.4 is 0 Å². The standard InChI is InChI=1S/C8H17.BrH.O.Sn/c1-3-5-7-8-6-4-2;;;/h1,3-8H2,2H3;1H;;. The van der Waals surface area contributed by atoms with Crippen molar-refractivity contribution in [2.24, 2.45) is 0 Å². The number of halogens is 1. The second-order valence-corrected chi connectivity index (χ2v) is 4.91. The summed E-state index contributed by atoms with van der Waals surface area (Å²) in [4.78, 5) is 0. The van der Waals surface area contributed by atoms with Gasteiger partial charge in [-0.25, -0.2) is 0 Å². The Bertz CT molecular complexity index is 78.5. The van der Waals surface area contributed by atoms with E-state index in [0.29, 0.717) is 0 Å². The molecule has 0 aromatic heterocycles. The molecule has 0 aromatic carbocycles. The molecule has 0 atom stereocenters. The first kappa shape index (κ1) is 14.6. The van der Waals surface area contributed by atoms with E-state index in [-0.39, 0.29) is 17.0 Å². The van der Waals surface area contributed by atoms with Gasteiger partial charge in [-0.15, -0.1) is 17.0 Å². The predicted octanol–water partition coefficient (Wildman–Crippen LogP) is 3.39. The SMILES string of the molecule is Br.CCCCCCC[CH2][Sn]=[O]. The molecule has 1 nitrogen and oxygen atoms in total. The fourth-order valence-electron chi connectivity index (χ4n) is 0.977. The third-order valence-corrected chi connectivity index (χ3v) is 3.22. The normalized spacial score (nSPS) is 8.82. The van der Waals surface area contributed by atoms with E-state index in [2.05, 4.69) is 6.92 Å². The molecule has 0 bridgehead atoms. The summed E-state index contributed by atoms with van der Waals surface area (Å²) in [6.07, 6.45) is 7.95. The summed E-state index contributed by atoms with van der Waals surface area (Å²) in [6.45, 7) is 2.23. The molecule has 0 unspecified atom stereocenters. The van der Waals surface area contributed by atoms with Crippen LogP contribution in [0.2, 0.25) is 4.44 Å². The fourth-order valence-corrected chi connectivity index (χ4v) is 2.10. The Morgan fingerprint density at radius 2 is 1.55 bits per heavy atom. The molecular formula is C8H18BrOSn. The van der Waals surface area contributed by atoms with Crippen LogP contribution in [0.1, 0.15) is 45.4 Å². The molecule has 0 fully saturated rings. The first-order valence-electron chi connectivity index (χ1n) is 4.26. The summed E-state index contributed by atoms with van der Waals surface area (Å²) < 4.78 is 11.2. The molecule has 3 heteroatoms. The van der Waals surface area contributed by atoms with E-state index in [4.69, 9.17) is 0 Å². The zero-order chi connectivity index (χ0) is 7.66. The van der Waals surface area contributed by atoms with Gasteiger partial charge in [0.15, 0.2) is 0 Å². The molecular weight excluding hydrogens is 311 g/mol. The molecule has 0 spiro atoms. The van der Waals surface area contributed by atoms with E-state index in [1.165, 1.54) is 38.5 Å². The molecule has 0 amide bonds. The van der Waals surface area contributed by atoms with Crippen molar-refractivity contribution in [2.75, 3.05) is 0 Å². The van der Waals surface area contributed by atoms with Crippen molar-refractivity contribution in [2.45, 2.75) is 49.9 Å². The zero-order valence-electron chi connectivity index (χ0n) is 7.27. The molecule has 0 heterocycles. The molecule has 0 aliphatic carbocycles. The molecule has 0 saturated carbocycles. The van der Waals surface area contributed by atoms with Gasteiger partial charge in [0.2, 0.25) is 0 Å². The van der Waals surface area contributed by atoms with Crippen LogP contribution in [0.15, 0.2) is 0 Å². The first-order chi connectivity index (χ1) is 4.91. The number of hydrogen-bond donors (Lipinski definition) is 0. The van der Waals surface area contributed by atoms with E-state index in [1.807, 2.05) is 0 Å². The number of rotatable bonds is 7. The summed E-state index contributed by atoms with van der Waals surface area (Å²) in [5.74, 6) is 0. The van der Waals surface area contributed by atoms with Crippen LogP contribution in [0, 0.1) is 0 Å². The van der Waals surface area contributed by atoms with Gasteiger partial charge in [-0.05, 0) is 0 Å². The van der Waals surface area contributed by atoms with Crippen molar-refractivity contribution >= 4 is 38.1 Å². The monoisotopic (exact) mass is 329 g/mol. The minimum atomic E-state index is -1.10. The third-order valence-electron chi connectivity index (χ3n) is 1.63. The van der Waals surface area contributed by atoms with Crippen molar-refractivity contribution in [3.63, 3.8) is 0 Å². The summed E-state index contributed by atoms with van der Waals surface area (Å²) in [5, 5.41) is 0. The molecule has 67 valence electrons. The average Bonchev–Trinajstić information content (AvgIpc) is 1.97. The molecule has 0 aliphatic heterocycles. The Labute approximate surface area is 90.7 Å². The molecule has 0 rings (SSSR count). The Kier molecular flexibility index (Phi) is 18.1. The van der Waals surface area contributed by atoms with E-state index in [9.17, 15) is 3.08 Å². The molecule has 11 heavy (non-hydrogen) atoms. The van der Waals surface area contributed by atoms with Crippen LogP contribution in [0.3, 0.4) is 0 Å². The topological polar surface area (TPSA) is 17.1 Å². The van der Waals surface area contributed by atoms with E-state index in [0.717, 1.165) is 4.44 Å². The van der Waals surface area contributed by atoms with Crippen LogP contribution in [0.4, 0.5) is 0 Å². The van der Waals surface area contributed by atoms with Crippen molar-refractivity contribution in [3.05, 3.63) is 0 Å². The summed E-state index contributed by atoms with van der Waals surface area (Å²) in [5.41, 5.74) is 0. The van der Waals surface area contributed by atoms with Crippen molar-refractivity contribution in [1.29, 1.82) is 0 Å². The van der Waals surface area contributed by atoms with Gasteiger partial charge in [0.1, 0.15) is 0 Å². The van der Waals surface area contributed by atoms with Gasteiger partial charge >= 0.3 is 74.1 Å². The summed E-state index contributed by atoms with van der Waals surface area (Å²) in [7, 11) is 0. The van der Waals surface area contributed by atoms with Gasteiger partial charge in [0, 0.05) is 0 Å². The van der Waals surface area contributed by atoms with Gasteiger partial charge in [0.05, 0.1) is 0 Å². The van der Waals surface area contributed by atoms with E-state index >= 15 is 0 Å². The van der Waals surface area contributed by atoms with Gasteiger partial charge < -0.3 is 0 Å². The summed E-state index contributed by atoms with van der Waals surface area (Å²) in [6, 6.07) is 0. The minimum absolute atomic E-state index is 0. The number of unbranched alkanes of at least 4 members (excludes halogenated alkanes) is 5. The van der Waals surface area contributed by atoms with E-state index in [1.54, 1.807) is 0 Å². The van der Waals surface area contributed by atoms with Crippen LogP contribution in [-0.4, -0.2) is 21.1 Å². The van der Waals surface area contributed by atoms with Crippen molar-refractivity contribution in [1.82, 2.24) is 0 Å². The van der Waals surface area contributed by atoms with Crippen LogP contribution in [-0.2, 0) is 3.08 Å². The quantitative estimate of drug-likeness (QED) is 0.517. The zero-order valence-corrected chi connectivity index (χ0v) is 11.8.